The van der Waals surface area contributed by atoms with Crippen molar-refractivity contribution in [2.45, 2.75) is 38.8 Å². The van der Waals surface area contributed by atoms with Crippen molar-refractivity contribution >= 4 is 5.91 Å². The smallest absolute Gasteiger partial charge is 0.246 e. The molecule has 4 nitrogen and oxygen atoms in total. The van der Waals surface area contributed by atoms with E-state index in [1.807, 2.05) is 0 Å². The number of hydrogen-bond donors (Lipinski definition) is 0. The van der Waals surface area contributed by atoms with Gasteiger partial charge in [-0.2, -0.15) is 5.26 Å². The largest absolute Gasteiger partial charge is 0.336 e. The molecule has 0 unspecified atom stereocenters. The lowest BCUT2D eigenvalue weighted by atomic mass is 9.98. The lowest BCUT2D eigenvalue weighted by molar-refractivity contribution is -0.130. The number of rotatable bonds is 2. The van der Waals surface area contributed by atoms with Gasteiger partial charge < -0.3 is 4.90 Å². The highest BCUT2D eigenvalue weighted by molar-refractivity contribution is 5.87. The lowest BCUT2D eigenvalue weighted by Crippen LogP contribution is -2.59. The van der Waals surface area contributed by atoms with Crippen LogP contribution in [0.2, 0.25) is 0 Å². The molecule has 0 radical (unpaired) electrons. The van der Waals surface area contributed by atoms with Crippen LogP contribution in [0.4, 0.5) is 0 Å². The standard InChI is InChI=1S/C13H21N3O/c1-5-12(17)15-8-9-16(13(2,3)4)11(10-15)6-7-14/h5,11H,1,6,8-10H2,2-4H3/t11-/m0/s1. The Balaban J connectivity index is 2.78. The Morgan fingerprint density at radius 2 is 2.18 bits per heavy atom. The van der Waals surface area contributed by atoms with Gasteiger partial charge in [-0.25, -0.2) is 0 Å². The van der Waals surface area contributed by atoms with Crippen molar-refractivity contribution in [3.63, 3.8) is 0 Å². The van der Waals surface area contributed by atoms with Crippen LogP contribution in [0, 0.1) is 11.3 Å². The third-order valence-corrected chi connectivity index (χ3v) is 3.16. The first-order valence-electron chi connectivity index (χ1n) is 5.95. The molecule has 0 N–H and O–H groups in total. The van der Waals surface area contributed by atoms with Crippen LogP contribution in [0.3, 0.4) is 0 Å². The van der Waals surface area contributed by atoms with E-state index in [9.17, 15) is 4.79 Å². The number of hydrogen-bond acceptors (Lipinski definition) is 3. The molecule has 0 bridgehead atoms. The third kappa shape index (κ3) is 3.31. The van der Waals surface area contributed by atoms with Gasteiger partial charge in [0.2, 0.25) is 5.91 Å². The average Bonchev–Trinajstić information content (AvgIpc) is 2.27. The fraction of sp³-hybridized carbons (Fsp3) is 0.692. The van der Waals surface area contributed by atoms with Crippen LogP contribution < -0.4 is 0 Å². The normalized spacial score (nSPS) is 22.0. The zero-order valence-electron chi connectivity index (χ0n) is 10.9. The molecule has 1 amide bonds. The fourth-order valence-electron chi connectivity index (χ4n) is 2.35. The monoisotopic (exact) mass is 235 g/mol. The van der Waals surface area contributed by atoms with Crippen molar-refractivity contribution in [3.8, 4) is 6.07 Å². The van der Waals surface area contributed by atoms with E-state index in [-0.39, 0.29) is 17.5 Å². The molecule has 0 aromatic heterocycles. The molecule has 0 spiro atoms. The van der Waals surface area contributed by atoms with Crippen LogP contribution in [-0.4, -0.2) is 46.9 Å². The maximum absolute atomic E-state index is 11.6. The topological polar surface area (TPSA) is 47.3 Å². The van der Waals surface area contributed by atoms with Crippen molar-refractivity contribution in [3.05, 3.63) is 12.7 Å². The second kappa shape index (κ2) is 5.33. The van der Waals surface area contributed by atoms with E-state index in [1.54, 1.807) is 4.90 Å². The van der Waals surface area contributed by atoms with Crippen molar-refractivity contribution in [2.24, 2.45) is 0 Å². The van der Waals surface area contributed by atoms with Crippen molar-refractivity contribution < 1.29 is 4.79 Å². The summed E-state index contributed by atoms with van der Waals surface area (Å²) in [6.07, 6.45) is 1.80. The van der Waals surface area contributed by atoms with E-state index in [1.165, 1.54) is 6.08 Å². The van der Waals surface area contributed by atoms with Crippen molar-refractivity contribution in [1.29, 1.82) is 5.26 Å². The van der Waals surface area contributed by atoms with Crippen LogP contribution in [0.15, 0.2) is 12.7 Å². The molecule has 1 fully saturated rings. The van der Waals surface area contributed by atoms with Gasteiger partial charge in [0, 0.05) is 31.2 Å². The molecule has 1 heterocycles. The molecule has 0 saturated carbocycles. The van der Waals surface area contributed by atoms with Crippen LogP contribution >= 0.6 is 0 Å². The van der Waals surface area contributed by atoms with Gasteiger partial charge in [-0.15, -0.1) is 0 Å². The molecular formula is C13H21N3O. The third-order valence-electron chi connectivity index (χ3n) is 3.16. The minimum atomic E-state index is -0.0403. The second-order valence-electron chi connectivity index (χ2n) is 5.37. The van der Waals surface area contributed by atoms with Gasteiger partial charge in [-0.1, -0.05) is 6.58 Å². The summed E-state index contributed by atoms with van der Waals surface area (Å²) in [5.74, 6) is -0.0403. The van der Waals surface area contributed by atoms with Gasteiger partial charge in [0.15, 0.2) is 0 Å². The molecule has 1 aliphatic heterocycles. The molecule has 1 aliphatic rings. The molecule has 94 valence electrons. The number of nitriles is 1. The Morgan fingerprint density at radius 3 is 2.65 bits per heavy atom. The van der Waals surface area contributed by atoms with E-state index in [4.69, 9.17) is 5.26 Å². The summed E-state index contributed by atoms with van der Waals surface area (Å²) in [4.78, 5) is 15.7. The Kier molecular flexibility index (Phi) is 4.30. The molecule has 1 saturated heterocycles. The van der Waals surface area contributed by atoms with Gasteiger partial charge in [0.25, 0.3) is 0 Å². The van der Waals surface area contributed by atoms with Gasteiger partial charge in [0.1, 0.15) is 0 Å². The maximum Gasteiger partial charge on any atom is 0.246 e. The number of carbonyl (C=O) groups excluding carboxylic acids is 1. The quantitative estimate of drug-likeness (QED) is 0.680. The number of amides is 1. The summed E-state index contributed by atoms with van der Waals surface area (Å²) < 4.78 is 0. The Labute approximate surface area is 103 Å². The highest BCUT2D eigenvalue weighted by Gasteiger charge is 2.34. The van der Waals surface area contributed by atoms with E-state index in [2.05, 4.69) is 38.3 Å². The van der Waals surface area contributed by atoms with Gasteiger partial charge in [0.05, 0.1) is 12.5 Å². The second-order valence-corrected chi connectivity index (χ2v) is 5.37. The molecule has 1 atom stereocenters. The van der Waals surface area contributed by atoms with Crippen LogP contribution in [0.1, 0.15) is 27.2 Å². The highest BCUT2D eigenvalue weighted by atomic mass is 16.2. The van der Waals surface area contributed by atoms with Crippen LogP contribution in [0.25, 0.3) is 0 Å². The van der Waals surface area contributed by atoms with Crippen molar-refractivity contribution in [2.75, 3.05) is 19.6 Å². The molecule has 17 heavy (non-hydrogen) atoms. The van der Waals surface area contributed by atoms with Gasteiger partial charge >= 0.3 is 0 Å². The minimum absolute atomic E-state index is 0.0326. The lowest BCUT2D eigenvalue weighted by Gasteiger charge is -2.47. The summed E-state index contributed by atoms with van der Waals surface area (Å²) >= 11 is 0. The first-order chi connectivity index (χ1) is 7.90. The molecule has 4 heteroatoms. The molecule has 0 aromatic rings. The zero-order valence-corrected chi connectivity index (χ0v) is 10.9. The first-order valence-corrected chi connectivity index (χ1v) is 5.95. The summed E-state index contributed by atoms with van der Waals surface area (Å²) in [5.41, 5.74) is 0.0326. The first kappa shape index (κ1) is 13.7. The summed E-state index contributed by atoms with van der Waals surface area (Å²) in [6, 6.07) is 2.33. The van der Waals surface area contributed by atoms with Gasteiger partial charge in [-0.05, 0) is 26.8 Å². The average molecular weight is 235 g/mol. The number of carbonyl (C=O) groups is 1. The highest BCUT2D eigenvalue weighted by Crippen LogP contribution is 2.22. The summed E-state index contributed by atoms with van der Waals surface area (Å²) in [7, 11) is 0. The van der Waals surface area contributed by atoms with E-state index < -0.39 is 0 Å². The van der Waals surface area contributed by atoms with Crippen LogP contribution in [0.5, 0.6) is 0 Å². The van der Waals surface area contributed by atoms with E-state index in [0.29, 0.717) is 19.5 Å². The van der Waals surface area contributed by atoms with Crippen molar-refractivity contribution in [1.82, 2.24) is 9.80 Å². The van der Waals surface area contributed by atoms with E-state index in [0.717, 1.165) is 6.54 Å². The predicted octanol–water partition coefficient (Wildman–Crippen LogP) is 1.40. The zero-order chi connectivity index (χ0) is 13.1. The summed E-state index contributed by atoms with van der Waals surface area (Å²) in [6.45, 7) is 12.1. The molecule has 0 aliphatic carbocycles. The summed E-state index contributed by atoms with van der Waals surface area (Å²) in [5, 5.41) is 8.88. The molecule has 0 aromatic carbocycles. The number of piperazine rings is 1. The fourth-order valence-corrected chi connectivity index (χ4v) is 2.35. The minimum Gasteiger partial charge on any atom is -0.336 e. The Bertz CT molecular complexity index is 338. The van der Waals surface area contributed by atoms with Gasteiger partial charge in [-0.3, -0.25) is 9.69 Å². The Hall–Kier alpha value is -1.34. The van der Waals surface area contributed by atoms with E-state index >= 15 is 0 Å². The SMILES string of the molecule is C=CC(=O)N1CCN(C(C)(C)C)[C@@H](CC#N)C1. The number of nitrogens with zero attached hydrogens (tertiary/aromatic N) is 3. The Morgan fingerprint density at radius 1 is 1.53 bits per heavy atom. The molecule has 1 rings (SSSR count). The predicted molar refractivity (Wildman–Crippen MR) is 67.3 cm³/mol. The van der Waals surface area contributed by atoms with Crippen LogP contribution in [-0.2, 0) is 4.79 Å². The molecular weight excluding hydrogens is 214 g/mol. The maximum atomic E-state index is 11.6.